The third-order valence-corrected chi connectivity index (χ3v) is 2.51. The Labute approximate surface area is 113 Å². The summed E-state index contributed by atoms with van der Waals surface area (Å²) in [7, 11) is 2.61. The molecule has 2 aliphatic rings. The van der Waals surface area contributed by atoms with E-state index >= 15 is 0 Å². The molecule has 0 bridgehead atoms. The number of carbonyl (C=O) groups excluding carboxylic acids is 1. The summed E-state index contributed by atoms with van der Waals surface area (Å²) < 4.78 is 4.80. The maximum absolute atomic E-state index is 11.7. The predicted octanol–water partition coefficient (Wildman–Crippen LogP) is 0.793. The van der Waals surface area contributed by atoms with Gasteiger partial charge >= 0.3 is 6.03 Å². The number of aliphatic hydroxyl groups is 1. The van der Waals surface area contributed by atoms with Gasteiger partial charge in [0.2, 0.25) is 0 Å². The van der Waals surface area contributed by atoms with E-state index in [0.717, 1.165) is 13.5 Å². The Kier molecular flexibility index (Phi) is 8.17. The van der Waals surface area contributed by atoms with Crippen LogP contribution in [0.3, 0.4) is 0 Å². The van der Waals surface area contributed by atoms with Crippen molar-refractivity contribution in [2.75, 3.05) is 27.4 Å². The summed E-state index contributed by atoms with van der Waals surface area (Å²) in [5, 5.41) is 7.00. The van der Waals surface area contributed by atoms with Crippen LogP contribution in [0.5, 0.6) is 0 Å². The van der Waals surface area contributed by atoms with Gasteiger partial charge in [0.25, 0.3) is 0 Å². The summed E-state index contributed by atoms with van der Waals surface area (Å²) in [4.78, 5) is 21.0. The summed E-state index contributed by atoms with van der Waals surface area (Å²) >= 11 is 0. The van der Waals surface area contributed by atoms with Crippen molar-refractivity contribution in [3.05, 3.63) is 12.3 Å². The molecule has 2 rings (SSSR count). The van der Waals surface area contributed by atoms with Gasteiger partial charge in [-0.2, -0.15) is 4.84 Å². The summed E-state index contributed by atoms with van der Waals surface area (Å²) in [6.07, 6.45) is 3.95. The highest BCUT2D eigenvalue weighted by atomic mass is 16.7. The molecule has 7 heteroatoms. The number of urea groups is 1. The van der Waals surface area contributed by atoms with Crippen molar-refractivity contribution in [2.45, 2.75) is 26.4 Å². The quantitative estimate of drug-likeness (QED) is 0.726. The van der Waals surface area contributed by atoms with E-state index in [1.54, 1.807) is 19.4 Å². The Bertz CT molecular complexity index is 344. The minimum Gasteiger partial charge on any atom is -0.400 e. The van der Waals surface area contributed by atoms with Gasteiger partial charge in [0.15, 0.2) is 0 Å². The number of hydrogen-bond acceptors (Lipinski definition) is 5. The number of quaternary nitrogens is 1. The third-order valence-electron chi connectivity index (χ3n) is 2.51. The number of ether oxygens (including phenoxy) is 1. The van der Waals surface area contributed by atoms with Gasteiger partial charge in [-0.25, -0.2) is 4.79 Å². The normalized spacial score (nSPS) is 28.2. The van der Waals surface area contributed by atoms with Crippen molar-refractivity contribution in [1.82, 2.24) is 0 Å². The molecule has 2 aliphatic heterocycles. The minimum atomic E-state index is -0.367. The van der Waals surface area contributed by atoms with Crippen LogP contribution in [0, 0.1) is 0 Å². The minimum absolute atomic E-state index is 0.0573. The first-order chi connectivity index (χ1) is 9.16. The highest BCUT2D eigenvalue weighted by molar-refractivity contribution is 5.99. The maximum Gasteiger partial charge on any atom is 0.481 e. The second-order valence-corrected chi connectivity index (χ2v) is 3.63. The van der Waals surface area contributed by atoms with Crippen molar-refractivity contribution < 1.29 is 24.1 Å². The van der Waals surface area contributed by atoms with Gasteiger partial charge in [0.05, 0.1) is 6.61 Å². The van der Waals surface area contributed by atoms with Crippen molar-refractivity contribution in [1.29, 1.82) is 0 Å². The molecule has 0 aromatic carbocycles. The first-order valence-corrected chi connectivity index (χ1v) is 6.24. The molecule has 7 nitrogen and oxygen atoms in total. The smallest absolute Gasteiger partial charge is 0.400 e. The lowest BCUT2D eigenvalue weighted by molar-refractivity contribution is -0.988. The van der Waals surface area contributed by atoms with E-state index in [4.69, 9.17) is 20.4 Å². The highest BCUT2D eigenvalue weighted by Crippen LogP contribution is 2.27. The fourth-order valence-corrected chi connectivity index (χ4v) is 1.75. The Morgan fingerprint density at radius 3 is 2.74 bits per heavy atom. The molecule has 1 spiro atoms. The van der Waals surface area contributed by atoms with Crippen LogP contribution in [0.2, 0.25) is 0 Å². The SMILES string of the molecule is CC.CO.COCC1CC[N+]2(C=CC(N)=NC2=O)O1. The largest absolute Gasteiger partial charge is 0.481 e. The zero-order chi connectivity index (χ0) is 14.9. The number of carbonyl (C=O) groups is 1. The Morgan fingerprint density at radius 1 is 1.58 bits per heavy atom. The number of amidine groups is 1. The van der Waals surface area contributed by atoms with Gasteiger partial charge < -0.3 is 15.6 Å². The van der Waals surface area contributed by atoms with Crippen LogP contribution in [0.4, 0.5) is 4.79 Å². The molecule has 2 atom stereocenters. The number of rotatable bonds is 2. The number of aliphatic hydroxyl groups excluding tert-OH is 1. The standard InChI is InChI=1S/C9H13N3O3.C2H6.CH4O/c1-14-6-7-2-4-12(15-7)5-3-8(10)11-9(12)13;2*1-2/h3,5,7H,2,4,6H2,1H3,(H-,10,11,13);1-2H3;2H,1H3/p+1. The molecule has 0 aromatic rings. The molecule has 1 saturated heterocycles. The monoisotopic (exact) mass is 274 g/mol. The highest BCUT2D eigenvalue weighted by Gasteiger charge is 2.47. The van der Waals surface area contributed by atoms with E-state index in [2.05, 4.69) is 4.99 Å². The van der Waals surface area contributed by atoms with Crippen LogP contribution in [-0.4, -0.2) is 55.1 Å². The van der Waals surface area contributed by atoms with Crippen LogP contribution < -0.4 is 5.73 Å². The van der Waals surface area contributed by atoms with E-state index in [1.807, 2.05) is 13.8 Å². The lowest BCUT2D eigenvalue weighted by atomic mass is 10.3. The van der Waals surface area contributed by atoms with Crippen molar-refractivity contribution in [3.63, 3.8) is 0 Å². The van der Waals surface area contributed by atoms with Crippen molar-refractivity contribution in [2.24, 2.45) is 10.7 Å². The summed E-state index contributed by atoms with van der Waals surface area (Å²) in [6, 6.07) is -0.367. The Hall–Kier alpha value is -1.28. The first-order valence-electron chi connectivity index (χ1n) is 6.24. The molecular formula is C12H24N3O4+. The number of nitrogens with two attached hydrogens (primary N) is 1. The van der Waals surface area contributed by atoms with E-state index in [-0.39, 0.29) is 22.6 Å². The fourth-order valence-electron chi connectivity index (χ4n) is 1.75. The van der Waals surface area contributed by atoms with Gasteiger partial charge in [0, 0.05) is 26.7 Å². The molecule has 2 amide bonds. The molecule has 2 unspecified atom stereocenters. The average molecular weight is 274 g/mol. The van der Waals surface area contributed by atoms with E-state index in [0.29, 0.717) is 13.2 Å². The molecule has 1 fully saturated rings. The van der Waals surface area contributed by atoms with Crippen LogP contribution in [0.25, 0.3) is 0 Å². The number of hydroxylamine groups is 3. The third kappa shape index (κ3) is 4.39. The van der Waals surface area contributed by atoms with Crippen molar-refractivity contribution in [3.8, 4) is 0 Å². The van der Waals surface area contributed by atoms with Crippen LogP contribution in [-0.2, 0) is 9.57 Å². The predicted molar refractivity (Wildman–Crippen MR) is 72.1 cm³/mol. The summed E-state index contributed by atoms with van der Waals surface area (Å²) in [6.45, 7) is 5.07. The molecule has 0 aromatic heterocycles. The molecule has 0 saturated carbocycles. The van der Waals surface area contributed by atoms with E-state index in [9.17, 15) is 4.79 Å². The lowest BCUT2D eigenvalue weighted by Gasteiger charge is -2.23. The zero-order valence-corrected chi connectivity index (χ0v) is 12.0. The van der Waals surface area contributed by atoms with E-state index < -0.39 is 0 Å². The first kappa shape index (κ1) is 17.7. The topological polar surface area (TPSA) is 94.1 Å². The molecule has 3 N–H and O–H groups in total. The van der Waals surface area contributed by atoms with Gasteiger partial charge in [-0.15, -0.1) is 4.99 Å². The second-order valence-electron chi connectivity index (χ2n) is 3.63. The molecular weight excluding hydrogens is 250 g/mol. The van der Waals surface area contributed by atoms with Gasteiger partial charge in [-0.3, -0.25) is 0 Å². The van der Waals surface area contributed by atoms with Crippen LogP contribution >= 0.6 is 0 Å². The Balaban J connectivity index is 0.000000741. The van der Waals surface area contributed by atoms with Gasteiger partial charge in [0.1, 0.15) is 24.7 Å². The molecule has 110 valence electrons. The van der Waals surface area contributed by atoms with Crippen LogP contribution in [0.15, 0.2) is 17.3 Å². The number of methoxy groups -OCH3 is 1. The number of nitrogens with zero attached hydrogens (tertiary/aromatic N) is 2. The van der Waals surface area contributed by atoms with Crippen LogP contribution in [0.1, 0.15) is 20.3 Å². The fraction of sp³-hybridized carbons (Fsp3) is 0.667. The van der Waals surface area contributed by atoms with Gasteiger partial charge in [-0.1, -0.05) is 18.5 Å². The lowest BCUT2D eigenvalue weighted by Crippen LogP contribution is -2.46. The van der Waals surface area contributed by atoms with Gasteiger partial charge in [-0.05, 0) is 0 Å². The Morgan fingerprint density at radius 2 is 2.21 bits per heavy atom. The average Bonchev–Trinajstić information content (AvgIpc) is 2.85. The van der Waals surface area contributed by atoms with Crippen molar-refractivity contribution >= 4 is 11.9 Å². The molecule has 2 heterocycles. The molecule has 19 heavy (non-hydrogen) atoms. The zero-order valence-electron chi connectivity index (χ0n) is 12.0. The summed E-state index contributed by atoms with van der Waals surface area (Å²) in [5.41, 5.74) is 5.42. The molecule has 0 radical (unpaired) electrons. The van der Waals surface area contributed by atoms with E-state index in [1.165, 1.54) is 0 Å². The summed E-state index contributed by atoms with van der Waals surface area (Å²) in [5.74, 6) is 0.225. The number of aliphatic imine (C=N–C) groups is 1. The second kappa shape index (κ2) is 8.76. The number of hydrogen-bond donors (Lipinski definition) is 2. The number of amides is 2. The molecule has 0 aliphatic carbocycles. The maximum atomic E-state index is 11.7.